The van der Waals surface area contributed by atoms with E-state index in [2.05, 4.69) is 56.4 Å². The van der Waals surface area contributed by atoms with Crippen molar-refractivity contribution in [1.29, 1.82) is 0 Å². The summed E-state index contributed by atoms with van der Waals surface area (Å²) in [7, 11) is 1.42. The summed E-state index contributed by atoms with van der Waals surface area (Å²) in [6.07, 6.45) is -16.2. The largest absolute Gasteiger partial charge is 0.508 e. The Bertz CT molecular complexity index is 5260. The van der Waals surface area contributed by atoms with E-state index in [1.807, 2.05) is 0 Å². The minimum absolute atomic E-state index is 0.151. The first-order valence-corrected chi connectivity index (χ1v) is 40.7. The third-order valence-electron chi connectivity index (χ3n) is 22.0. The van der Waals surface area contributed by atoms with Crippen LogP contribution in [0.4, 0.5) is 0 Å². The van der Waals surface area contributed by atoms with E-state index in [0.29, 0.717) is 18.8 Å². The fourth-order valence-electron chi connectivity index (χ4n) is 15.4. The highest BCUT2D eigenvalue weighted by atomic mass is 35.5. The van der Waals surface area contributed by atoms with Crippen molar-refractivity contribution in [2.24, 2.45) is 5.92 Å². The quantitative estimate of drug-likeness (QED) is 0.0382. The number of benzene rings is 7. The zero-order valence-corrected chi connectivity index (χ0v) is 68.4. The molecule has 17 bridgehead atoms. The smallest absolute Gasteiger partial charge is 0.338 e. The molecule has 2 fully saturated rings. The summed E-state index contributed by atoms with van der Waals surface area (Å²) in [6.45, 7) is 1.90. The molecule has 8 aliphatic heterocycles. The number of carboxylic acid groups (broad SMARTS) is 1. The van der Waals surface area contributed by atoms with Gasteiger partial charge in [0, 0.05) is 47.2 Å². The molecular weight excluding hydrogens is 1680 g/mol. The molecule has 7 aromatic rings. The number of unbranched alkanes of at least 4 members (excludes halogenated alkanes) is 5. The Hall–Kier alpha value is -11.9. The second-order valence-corrected chi connectivity index (χ2v) is 31.9. The van der Waals surface area contributed by atoms with Gasteiger partial charge in [0.2, 0.25) is 59.7 Å². The van der Waals surface area contributed by atoms with Crippen LogP contribution in [-0.4, -0.2) is 220 Å². The minimum atomic E-state index is -2.47. The first-order chi connectivity index (χ1) is 59.7. The second-order valence-electron chi connectivity index (χ2n) is 31.1. The number of fused-ring (bicyclic) bond motifs is 14. The van der Waals surface area contributed by atoms with Gasteiger partial charge in [0.25, 0.3) is 0 Å². The Morgan fingerprint density at radius 3 is 1.90 bits per heavy atom. The second kappa shape index (κ2) is 39.1. The lowest BCUT2D eigenvalue weighted by Gasteiger charge is -2.41. The van der Waals surface area contributed by atoms with E-state index in [-0.39, 0.29) is 40.4 Å². The van der Waals surface area contributed by atoms with Crippen molar-refractivity contribution in [2.75, 3.05) is 26.9 Å². The van der Waals surface area contributed by atoms with Gasteiger partial charge in [0.05, 0.1) is 23.3 Å². The van der Waals surface area contributed by atoms with E-state index in [0.717, 1.165) is 105 Å². The van der Waals surface area contributed by atoms with Crippen molar-refractivity contribution in [2.45, 2.75) is 181 Å². The first kappa shape index (κ1) is 90.8. The summed E-state index contributed by atoms with van der Waals surface area (Å²) in [5.41, 5.74) is -3.29. The number of carbonyl (C=O) groups is 9. The molecule has 38 nitrogen and oxygen atoms in total. The molecule has 40 heteroatoms. The lowest BCUT2D eigenvalue weighted by atomic mass is 9.89. The predicted molar refractivity (Wildman–Crippen MR) is 434 cm³/mol. The van der Waals surface area contributed by atoms with E-state index >= 15 is 24.0 Å². The van der Waals surface area contributed by atoms with E-state index < -0.39 is 284 Å². The van der Waals surface area contributed by atoms with Gasteiger partial charge in [-0.1, -0.05) is 106 Å². The maximum absolute atomic E-state index is 16.7. The number of aliphatic hydroxyl groups excluding tert-OH is 8. The van der Waals surface area contributed by atoms with Crippen LogP contribution < -0.4 is 66.2 Å². The fraction of sp³-hybridized carbons (Fsp3) is 0.400. The van der Waals surface area contributed by atoms with Crippen molar-refractivity contribution in [3.8, 4) is 80.1 Å². The average Bonchev–Trinajstić information content (AvgIpc) is 0.763. The lowest BCUT2D eigenvalue weighted by Crippen LogP contribution is -2.66. The molecule has 0 aromatic heterocycles. The Morgan fingerprint density at radius 1 is 0.552 bits per heavy atom. The van der Waals surface area contributed by atoms with Gasteiger partial charge in [-0.15, -0.1) is 0 Å². The number of aliphatic carboxylic acids is 1. The molecule has 7 aromatic carbocycles. The molecular formula is C85H92Cl2N8O30. The number of halogens is 2. The molecule has 0 radical (unpaired) electrons. The van der Waals surface area contributed by atoms with E-state index in [9.17, 15) is 85.6 Å². The van der Waals surface area contributed by atoms with Crippen LogP contribution in [-0.2, 0) is 63.8 Å². The van der Waals surface area contributed by atoms with Crippen molar-refractivity contribution >= 4 is 76.5 Å². The van der Waals surface area contributed by atoms with Crippen molar-refractivity contribution in [1.82, 2.24) is 42.5 Å². The van der Waals surface area contributed by atoms with Gasteiger partial charge >= 0.3 is 11.9 Å². The molecule has 15 rings (SSSR count). The molecule has 0 saturated carbocycles. The van der Waals surface area contributed by atoms with E-state index in [4.69, 9.17) is 61.1 Å². The monoisotopic (exact) mass is 1770 g/mol. The van der Waals surface area contributed by atoms with Crippen LogP contribution in [0.2, 0.25) is 10.0 Å². The van der Waals surface area contributed by atoms with Crippen LogP contribution >= 0.6 is 23.2 Å². The van der Waals surface area contributed by atoms with Crippen LogP contribution in [0.15, 0.2) is 115 Å². The van der Waals surface area contributed by atoms with Gasteiger partial charge in [0.15, 0.2) is 35.1 Å². The highest BCUT2D eigenvalue weighted by molar-refractivity contribution is 6.33. The van der Waals surface area contributed by atoms with Crippen molar-refractivity contribution in [3.05, 3.63) is 164 Å². The van der Waals surface area contributed by atoms with Gasteiger partial charge in [-0.3, -0.25) is 33.6 Å². The number of nitrogens with one attached hydrogen (secondary N) is 8. The number of phenols is 4. The number of aromatic hydroxyl groups is 4. The Balaban J connectivity index is 1.04. The van der Waals surface area contributed by atoms with Crippen molar-refractivity contribution in [3.63, 3.8) is 0 Å². The lowest BCUT2D eigenvalue weighted by molar-refractivity contribution is -0.277. The van der Waals surface area contributed by atoms with Gasteiger partial charge < -0.3 is 147 Å². The molecule has 125 heavy (non-hydrogen) atoms. The van der Waals surface area contributed by atoms with Crippen LogP contribution in [0, 0.1) is 5.92 Å². The van der Waals surface area contributed by atoms with Crippen LogP contribution in [0.25, 0.3) is 11.1 Å². The molecule has 0 aliphatic carbocycles. The van der Waals surface area contributed by atoms with E-state index in [1.54, 1.807) is 0 Å². The summed E-state index contributed by atoms with van der Waals surface area (Å²) < 4.78 is 49.6. The number of carboxylic acids is 1. The van der Waals surface area contributed by atoms with Gasteiger partial charge in [-0.2, -0.15) is 0 Å². The number of carbonyl (C=O) groups excluding carboxylic acids is 8. The number of rotatable bonds is 20. The number of hydrogen-bond donors (Lipinski definition) is 21. The summed E-state index contributed by atoms with van der Waals surface area (Å²) in [5, 5.41) is 167. The summed E-state index contributed by atoms with van der Waals surface area (Å²) >= 11 is 14.2. The van der Waals surface area contributed by atoms with Crippen LogP contribution in [0.3, 0.4) is 0 Å². The SMILES string of the molecule is CNC1C(=O)NC2Cc3ccc(cc3)Oc3cc4cc(c3O[C@@H]3O[C@H](C(=O)OCCO)[C@@H](O)[C@H](O)[C@H]3NC(=O)CCCCCCCCC(C)C)Oc3ccc(cc3Cl)C(O)C3NC(=O)C(NC(=O)C4NC(=O)C(NC2=O)c2cc(cc(O)c2Cl)Oc2cc1ccc2O)c1ccc(O)c(c1)-c1c(O[C@H]2O[C@H](CO)[C@@H](O)[C@H](O)[C@@H]2O)cc(O)cc1C(C(=O)O)NC3=O. The zero-order valence-electron chi connectivity index (χ0n) is 66.9. The highest BCUT2D eigenvalue weighted by Gasteiger charge is 2.52. The number of ether oxygens (including phenoxy) is 8. The molecule has 8 aliphatic rings. The Kier molecular flexibility index (Phi) is 28.4. The van der Waals surface area contributed by atoms with Crippen LogP contribution in [0.5, 0.6) is 69.0 Å². The first-order valence-electron chi connectivity index (χ1n) is 40.0. The summed E-state index contributed by atoms with van der Waals surface area (Å²) in [5.74, 6) is -18.5. The highest BCUT2D eigenvalue weighted by Crippen LogP contribution is 2.51. The van der Waals surface area contributed by atoms with E-state index in [1.165, 1.54) is 49.5 Å². The number of likely N-dealkylation sites (N-methyl/N-ethyl adjacent to an activating group) is 1. The summed E-state index contributed by atoms with van der Waals surface area (Å²) in [4.78, 5) is 137. The van der Waals surface area contributed by atoms with Gasteiger partial charge in [0.1, 0.15) is 132 Å². The standard InChI is InChI=1S/C85H92Cl2N8O30/c1-35(2)10-8-6-4-5-7-9-11-58(102)90-67-70(105)72(107)75(83(117)118-23-22-96)125-84(67)124-74-55-28-40-29-56(74)121-52-21-16-39(26-47(52)86)68(103)66-81(114)94-65(82(115)116)45-30-41(98)31-54(122-85-73(108)71(106)69(104)57(34-97)123-85)59(45)44-25-37(14-19-49(44)99)62(78(111)95-66)91-79(112)63(40)92-80(113)64-46-32-43(33-51(101)60(46)87)120-53-27-38(15-20-50(53)100)61(88-3)77(110)89-48(76(109)93-64)24-36-12-17-42(119-55)18-13-36/h12-21,25-33,35,48,57,61-73,75,84-85,88,96-101,103-108H,4-11,22-24,34H2,1-3H3,(H,89,110)(H,90,102)(H,91,112)(H,92,113)(H,93,109)(H,94,114)(H,95,111)(H,115,116)/t48?,57-,61?,62?,63?,64?,65?,66?,67-,68?,69-,70-,71+,72+,73+,75+,84-,85+/m1/s1. The Labute approximate surface area is 721 Å². The number of hydrogen-bond acceptors (Lipinski definition) is 30. The molecule has 0 spiro atoms. The molecule has 8 heterocycles. The number of amides is 7. The third kappa shape index (κ3) is 20.1. The fourth-order valence-corrected chi connectivity index (χ4v) is 15.9. The maximum atomic E-state index is 16.7. The van der Waals surface area contributed by atoms with Gasteiger partial charge in [-0.05, 0) is 120 Å². The summed E-state index contributed by atoms with van der Waals surface area (Å²) in [6, 6.07) is 4.46. The third-order valence-corrected chi connectivity index (χ3v) is 22.7. The molecule has 18 atom stereocenters. The minimum Gasteiger partial charge on any atom is -0.508 e. The number of aliphatic hydroxyl groups is 8. The molecule has 21 N–H and O–H groups in total. The van der Waals surface area contributed by atoms with Crippen LogP contribution in [0.1, 0.15) is 140 Å². The molecule has 7 amide bonds. The predicted octanol–water partition coefficient (Wildman–Crippen LogP) is 3.64. The zero-order chi connectivity index (χ0) is 89.7. The molecule has 8 unspecified atom stereocenters. The molecule has 666 valence electrons. The average molecular weight is 1780 g/mol. The van der Waals surface area contributed by atoms with Gasteiger partial charge in [-0.25, -0.2) is 9.59 Å². The number of esters is 1. The number of phenolic OH excluding ortho intramolecular Hbond substituents is 4. The molecule has 2 saturated heterocycles. The topological polar surface area (TPSA) is 587 Å². The maximum Gasteiger partial charge on any atom is 0.338 e. The van der Waals surface area contributed by atoms with Crippen molar-refractivity contribution < 1.29 is 147 Å². The Morgan fingerprint density at radius 2 is 1.20 bits per heavy atom. The normalized spacial score (nSPS) is 26.1.